The van der Waals surface area contributed by atoms with E-state index in [-0.39, 0.29) is 5.75 Å². The number of carbonyl (C=O) groups excluding carboxylic acids is 1. The number of alkyl halides is 2. The molecule has 1 aromatic carbocycles. The van der Waals surface area contributed by atoms with Crippen molar-refractivity contribution >= 4 is 22.0 Å². The SMILES string of the molecule is CC(C)(C)OC(=O)NCC(F)(F)Oc1ccc(Br)cc1. The summed E-state index contributed by atoms with van der Waals surface area (Å²) in [7, 11) is 0. The molecule has 0 bridgehead atoms. The lowest BCUT2D eigenvalue weighted by atomic mass is 10.2. The molecule has 0 unspecified atom stereocenters. The molecule has 112 valence electrons. The van der Waals surface area contributed by atoms with Crippen molar-refractivity contribution in [3.8, 4) is 5.75 Å². The van der Waals surface area contributed by atoms with Crippen molar-refractivity contribution in [3.05, 3.63) is 28.7 Å². The Morgan fingerprint density at radius 3 is 2.30 bits per heavy atom. The van der Waals surface area contributed by atoms with Gasteiger partial charge < -0.3 is 14.8 Å². The first-order valence-corrected chi connectivity index (χ1v) is 6.66. The second kappa shape index (κ2) is 6.39. The van der Waals surface area contributed by atoms with E-state index in [1.54, 1.807) is 32.9 Å². The van der Waals surface area contributed by atoms with Crippen LogP contribution in [0.15, 0.2) is 28.7 Å². The van der Waals surface area contributed by atoms with Crippen molar-refractivity contribution in [2.75, 3.05) is 6.54 Å². The van der Waals surface area contributed by atoms with Crippen LogP contribution >= 0.6 is 15.9 Å². The van der Waals surface area contributed by atoms with Crippen LogP contribution in [0.1, 0.15) is 20.8 Å². The van der Waals surface area contributed by atoms with Gasteiger partial charge in [0.15, 0.2) is 0 Å². The van der Waals surface area contributed by atoms with Crippen LogP contribution in [-0.4, -0.2) is 24.3 Å². The average molecular weight is 352 g/mol. The number of carbonyl (C=O) groups is 1. The first-order chi connectivity index (χ1) is 9.07. The quantitative estimate of drug-likeness (QED) is 0.893. The molecule has 7 heteroatoms. The number of hydrogen-bond acceptors (Lipinski definition) is 3. The lowest BCUT2D eigenvalue weighted by molar-refractivity contribution is -0.170. The van der Waals surface area contributed by atoms with Gasteiger partial charge in [0.1, 0.15) is 17.9 Å². The maximum absolute atomic E-state index is 13.5. The van der Waals surface area contributed by atoms with Gasteiger partial charge in [0.05, 0.1) is 0 Å². The van der Waals surface area contributed by atoms with E-state index in [1.807, 2.05) is 5.32 Å². The van der Waals surface area contributed by atoms with Crippen LogP contribution in [0.25, 0.3) is 0 Å². The Kier molecular flexibility index (Phi) is 5.33. The largest absolute Gasteiger partial charge is 0.444 e. The van der Waals surface area contributed by atoms with Gasteiger partial charge in [0, 0.05) is 4.47 Å². The monoisotopic (exact) mass is 351 g/mol. The van der Waals surface area contributed by atoms with Crippen molar-refractivity contribution in [1.29, 1.82) is 0 Å². The molecule has 0 aliphatic rings. The van der Waals surface area contributed by atoms with Gasteiger partial charge in [-0.3, -0.25) is 0 Å². The number of nitrogens with one attached hydrogen (secondary N) is 1. The predicted molar refractivity (Wildman–Crippen MR) is 74.0 cm³/mol. The molecule has 0 aliphatic heterocycles. The van der Waals surface area contributed by atoms with Crippen LogP contribution in [0.5, 0.6) is 5.75 Å². The molecular weight excluding hydrogens is 336 g/mol. The third-order valence-corrected chi connectivity index (χ3v) is 2.45. The van der Waals surface area contributed by atoms with Gasteiger partial charge in [-0.15, -0.1) is 0 Å². The average Bonchev–Trinajstić information content (AvgIpc) is 2.27. The second-order valence-electron chi connectivity index (χ2n) is 5.05. The summed E-state index contributed by atoms with van der Waals surface area (Å²) in [4.78, 5) is 11.3. The van der Waals surface area contributed by atoms with E-state index in [2.05, 4.69) is 20.7 Å². The normalized spacial score (nSPS) is 11.9. The van der Waals surface area contributed by atoms with Crippen LogP contribution < -0.4 is 10.1 Å². The van der Waals surface area contributed by atoms with Gasteiger partial charge in [-0.1, -0.05) is 15.9 Å². The summed E-state index contributed by atoms with van der Waals surface area (Å²) >= 11 is 3.19. The number of rotatable bonds is 4. The molecule has 0 heterocycles. The third-order valence-electron chi connectivity index (χ3n) is 1.92. The molecule has 4 nitrogen and oxygen atoms in total. The number of alkyl carbamates (subject to hydrolysis) is 1. The summed E-state index contributed by atoms with van der Waals surface area (Å²) in [5.74, 6) is 0.00388. The summed E-state index contributed by atoms with van der Waals surface area (Å²) in [5.41, 5.74) is -0.744. The summed E-state index contributed by atoms with van der Waals surface area (Å²) < 4.78 is 37.1. The Labute approximate surface area is 124 Å². The lowest BCUT2D eigenvalue weighted by Gasteiger charge is -2.22. The molecule has 0 saturated carbocycles. The van der Waals surface area contributed by atoms with E-state index in [0.717, 1.165) is 4.47 Å². The van der Waals surface area contributed by atoms with Gasteiger partial charge >= 0.3 is 12.2 Å². The summed E-state index contributed by atoms with van der Waals surface area (Å²) in [6.07, 6.45) is -4.44. The van der Waals surface area contributed by atoms with Gasteiger partial charge in [0.25, 0.3) is 0 Å². The topological polar surface area (TPSA) is 47.6 Å². The Balaban J connectivity index is 2.49. The summed E-state index contributed by atoms with van der Waals surface area (Å²) in [6, 6.07) is 5.94. The summed E-state index contributed by atoms with van der Waals surface area (Å²) in [6.45, 7) is 3.95. The molecule has 1 N–H and O–H groups in total. The van der Waals surface area contributed by atoms with Gasteiger partial charge in [-0.05, 0) is 45.0 Å². The molecule has 0 saturated heterocycles. The molecule has 0 fully saturated rings. The van der Waals surface area contributed by atoms with E-state index < -0.39 is 24.3 Å². The first-order valence-electron chi connectivity index (χ1n) is 5.87. The molecule has 1 aromatic rings. The fourth-order valence-corrected chi connectivity index (χ4v) is 1.46. The van der Waals surface area contributed by atoms with Crippen LogP contribution in [0, 0.1) is 0 Å². The van der Waals surface area contributed by atoms with Crippen molar-refractivity contribution < 1.29 is 23.0 Å². The number of benzene rings is 1. The maximum Gasteiger partial charge on any atom is 0.415 e. The smallest absolute Gasteiger partial charge is 0.415 e. The zero-order chi connectivity index (χ0) is 15.4. The van der Waals surface area contributed by atoms with E-state index >= 15 is 0 Å². The molecule has 20 heavy (non-hydrogen) atoms. The minimum Gasteiger partial charge on any atom is -0.444 e. The minimum absolute atomic E-state index is 0.00388. The van der Waals surface area contributed by atoms with Crippen molar-refractivity contribution in [2.45, 2.75) is 32.5 Å². The first kappa shape index (κ1) is 16.7. The van der Waals surface area contributed by atoms with E-state index in [9.17, 15) is 13.6 Å². The molecule has 0 aromatic heterocycles. The Morgan fingerprint density at radius 2 is 1.80 bits per heavy atom. The Hall–Kier alpha value is -1.37. The van der Waals surface area contributed by atoms with E-state index in [4.69, 9.17) is 4.74 Å². The molecule has 1 rings (SSSR count). The number of amides is 1. The number of hydrogen-bond donors (Lipinski definition) is 1. The van der Waals surface area contributed by atoms with E-state index in [1.165, 1.54) is 12.1 Å². The maximum atomic E-state index is 13.5. The van der Waals surface area contributed by atoms with Gasteiger partial charge in [-0.25, -0.2) is 4.79 Å². The molecule has 0 radical (unpaired) electrons. The van der Waals surface area contributed by atoms with Crippen molar-refractivity contribution in [1.82, 2.24) is 5.32 Å². The van der Waals surface area contributed by atoms with E-state index in [0.29, 0.717) is 0 Å². The highest BCUT2D eigenvalue weighted by molar-refractivity contribution is 9.10. The highest BCUT2D eigenvalue weighted by Gasteiger charge is 2.33. The number of halogens is 3. The standard InChI is InChI=1S/C13H16BrF2NO3/c1-12(2,3)20-11(18)17-8-13(15,16)19-10-6-4-9(14)5-7-10/h4-7H,8H2,1-3H3,(H,17,18). The van der Waals surface area contributed by atoms with Crippen molar-refractivity contribution in [3.63, 3.8) is 0 Å². The fraction of sp³-hybridized carbons (Fsp3) is 0.462. The zero-order valence-electron chi connectivity index (χ0n) is 11.4. The Morgan fingerprint density at radius 1 is 1.25 bits per heavy atom. The van der Waals surface area contributed by atoms with Crippen molar-refractivity contribution in [2.24, 2.45) is 0 Å². The minimum atomic E-state index is -3.52. The molecular formula is C13H16BrF2NO3. The predicted octanol–water partition coefficient (Wildman–Crippen LogP) is 3.95. The van der Waals surface area contributed by atoms with Crippen LogP contribution in [0.3, 0.4) is 0 Å². The number of ether oxygens (including phenoxy) is 2. The molecule has 0 spiro atoms. The second-order valence-corrected chi connectivity index (χ2v) is 5.96. The van der Waals surface area contributed by atoms with Crippen LogP contribution in [0.2, 0.25) is 0 Å². The summed E-state index contributed by atoms with van der Waals surface area (Å²) in [5, 5.41) is 1.97. The van der Waals surface area contributed by atoms with Gasteiger partial charge in [0.2, 0.25) is 0 Å². The van der Waals surface area contributed by atoms with Crippen LogP contribution in [-0.2, 0) is 4.74 Å². The molecule has 1 amide bonds. The highest BCUT2D eigenvalue weighted by atomic mass is 79.9. The lowest BCUT2D eigenvalue weighted by Crippen LogP contribution is -2.42. The highest BCUT2D eigenvalue weighted by Crippen LogP contribution is 2.23. The fourth-order valence-electron chi connectivity index (χ4n) is 1.20. The third kappa shape index (κ3) is 6.70. The Bertz CT molecular complexity index is 458. The van der Waals surface area contributed by atoms with Crippen LogP contribution in [0.4, 0.5) is 13.6 Å². The molecule has 0 aliphatic carbocycles. The molecule has 0 atom stereocenters. The van der Waals surface area contributed by atoms with Gasteiger partial charge in [-0.2, -0.15) is 8.78 Å². The zero-order valence-corrected chi connectivity index (χ0v) is 13.0.